The van der Waals surface area contributed by atoms with Crippen molar-refractivity contribution in [3.63, 3.8) is 0 Å². The van der Waals surface area contributed by atoms with Gasteiger partial charge in [0, 0.05) is 12.5 Å². The van der Waals surface area contributed by atoms with Gasteiger partial charge in [-0.05, 0) is 35.6 Å². The molecule has 0 spiro atoms. The first-order valence-electron chi connectivity index (χ1n) is 10.0. The third-order valence-electron chi connectivity index (χ3n) is 5.81. The molecule has 1 aliphatic heterocycles. The summed E-state index contributed by atoms with van der Waals surface area (Å²) in [7, 11) is 0. The van der Waals surface area contributed by atoms with Crippen molar-refractivity contribution in [3.05, 3.63) is 59.7 Å². The molecule has 2 aromatic rings. The zero-order valence-corrected chi connectivity index (χ0v) is 16.6. The molecule has 1 saturated heterocycles. The van der Waals surface area contributed by atoms with Gasteiger partial charge in [0.05, 0.1) is 12.5 Å². The molecule has 2 aliphatic rings. The molecule has 0 radical (unpaired) electrons. The minimum atomic E-state index is -1.28. The van der Waals surface area contributed by atoms with E-state index in [1.807, 2.05) is 48.5 Å². The highest BCUT2D eigenvalue weighted by Gasteiger charge is 2.47. The van der Waals surface area contributed by atoms with Gasteiger partial charge in [-0.3, -0.25) is 9.69 Å². The number of fused-ring (bicyclic) bond motifs is 3. The number of esters is 1. The molecule has 0 unspecified atom stereocenters. The maximum absolute atomic E-state index is 12.8. The van der Waals surface area contributed by atoms with E-state index >= 15 is 0 Å². The molecule has 1 heterocycles. The second-order valence-electron chi connectivity index (χ2n) is 7.43. The standard InChI is InChI=1S/C23H23NO6/c1-2-29-22(27)18-11-12-24(20(18)21(25)26)23(28)30-13-19-16-9-5-3-7-14(16)15-8-4-6-10-17(15)19/h3-10,18-20H,2,11-13H2,1H3,(H,25,26)/t18-,20+/m1/s1. The number of carbonyl (C=O) groups is 3. The summed E-state index contributed by atoms with van der Waals surface area (Å²) < 4.78 is 10.5. The van der Waals surface area contributed by atoms with Gasteiger partial charge >= 0.3 is 18.0 Å². The molecule has 7 heteroatoms. The molecule has 2 aromatic carbocycles. The number of aliphatic carboxylic acids is 1. The third-order valence-corrected chi connectivity index (χ3v) is 5.81. The Hall–Kier alpha value is -3.35. The van der Waals surface area contributed by atoms with Crippen LogP contribution in [-0.4, -0.2) is 53.8 Å². The largest absolute Gasteiger partial charge is 0.480 e. The summed E-state index contributed by atoms with van der Waals surface area (Å²) in [5.41, 5.74) is 4.38. The molecule has 2 atom stereocenters. The van der Waals surface area contributed by atoms with Crippen LogP contribution in [0.25, 0.3) is 11.1 Å². The van der Waals surface area contributed by atoms with Crippen LogP contribution in [0, 0.1) is 5.92 Å². The van der Waals surface area contributed by atoms with Crippen molar-refractivity contribution in [3.8, 4) is 11.1 Å². The SMILES string of the molecule is CCOC(=O)[C@@H]1CCN(C(=O)OCC2c3ccccc3-c3ccccc32)[C@@H]1C(=O)O. The highest BCUT2D eigenvalue weighted by Crippen LogP contribution is 2.44. The minimum Gasteiger partial charge on any atom is -0.480 e. The molecule has 1 amide bonds. The van der Waals surface area contributed by atoms with Crippen molar-refractivity contribution in [1.82, 2.24) is 4.90 Å². The molecule has 1 N–H and O–H groups in total. The molecule has 1 aliphatic carbocycles. The van der Waals surface area contributed by atoms with Gasteiger partial charge in [-0.15, -0.1) is 0 Å². The Morgan fingerprint density at radius 1 is 1.00 bits per heavy atom. The monoisotopic (exact) mass is 409 g/mol. The molecular formula is C23H23NO6. The molecule has 0 saturated carbocycles. The highest BCUT2D eigenvalue weighted by molar-refractivity contribution is 5.88. The maximum atomic E-state index is 12.8. The number of hydrogen-bond donors (Lipinski definition) is 1. The van der Waals surface area contributed by atoms with Crippen LogP contribution in [0.4, 0.5) is 4.79 Å². The lowest BCUT2D eigenvalue weighted by Gasteiger charge is -2.24. The van der Waals surface area contributed by atoms with Crippen molar-refractivity contribution in [2.45, 2.75) is 25.3 Å². The quantitative estimate of drug-likeness (QED) is 0.762. The van der Waals surface area contributed by atoms with Crippen molar-refractivity contribution in [2.24, 2.45) is 5.92 Å². The van der Waals surface area contributed by atoms with E-state index in [1.165, 1.54) is 0 Å². The maximum Gasteiger partial charge on any atom is 0.410 e. The summed E-state index contributed by atoms with van der Waals surface area (Å²) in [5, 5.41) is 9.60. The molecule has 0 bridgehead atoms. The average Bonchev–Trinajstić information content (AvgIpc) is 3.33. The Kier molecular flexibility index (Phi) is 5.44. The van der Waals surface area contributed by atoms with E-state index in [1.54, 1.807) is 6.92 Å². The number of rotatable bonds is 5. The summed E-state index contributed by atoms with van der Waals surface area (Å²) in [6.45, 7) is 2.05. The van der Waals surface area contributed by atoms with Crippen LogP contribution in [0.2, 0.25) is 0 Å². The van der Waals surface area contributed by atoms with Crippen molar-refractivity contribution >= 4 is 18.0 Å². The van der Waals surface area contributed by atoms with Crippen LogP contribution in [0.5, 0.6) is 0 Å². The van der Waals surface area contributed by atoms with Gasteiger partial charge in [0.1, 0.15) is 12.6 Å². The molecule has 156 valence electrons. The second-order valence-corrected chi connectivity index (χ2v) is 7.43. The first kappa shape index (κ1) is 19.9. The molecule has 4 rings (SSSR count). The Morgan fingerprint density at radius 3 is 2.17 bits per heavy atom. The average molecular weight is 409 g/mol. The second kappa shape index (κ2) is 8.18. The number of benzene rings is 2. The van der Waals surface area contributed by atoms with Crippen LogP contribution in [0.15, 0.2) is 48.5 Å². The molecule has 0 aromatic heterocycles. The summed E-state index contributed by atoms with van der Waals surface area (Å²) in [6, 6.07) is 14.7. The van der Waals surface area contributed by atoms with Gasteiger partial charge in [-0.1, -0.05) is 48.5 Å². The van der Waals surface area contributed by atoms with E-state index in [0.29, 0.717) is 0 Å². The van der Waals surface area contributed by atoms with Crippen LogP contribution >= 0.6 is 0 Å². The molecule has 1 fully saturated rings. The third kappa shape index (κ3) is 3.40. The van der Waals surface area contributed by atoms with Crippen molar-refractivity contribution in [1.29, 1.82) is 0 Å². The minimum absolute atomic E-state index is 0.0970. The van der Waals surface area contributed by atoms with E-state index in [4.69, 9.17) is 9.47 Å². The van der Waals surface area contributed by atoms with Gasteiger partial charge < -0.3 is 14.6 Å². The van der Waals surface area contributed by atoms with E-state index in [0.717, 1.165) is 27.2 Å². The number of carboxylic acids is 1. The van der Waals surface area contributed by atoms with E-state index in [9.17, 15) is 19.5 Å². The number of hydrogen-bond acceptors (Lipinski definition) is 5. The van der Waals surface area contributed by atoms with E-state index < -0.39 is 30.0 Å². The summed E-state index contributed by atoms with van der Waals surface area (Å²) in [6.07, 6.45) is -0.490. The predicted molar refractivity (Wildman–Crippen MR) is 108 cm³/mol. The Bertz CT molecular complexity index is 942. The first-order valence-corrected chi connectivity index (χ1v) is 10.0. The molecule has 30 heavy (non-hydrogen) atoms. The predicted octanol–water partition coefficient (Wildman–Crippen LogP) is 3.27. The zero-order chi connectivity index (χ0) is 21.3. The van der Waals surface area contributed by atoms with Crippen LogP contribution in [0.3, 0.4) is 0 Å². The smallest absolute Gasteiger partial charge is 0.410 e. The van der Waals surface area contributed by atoms with Gasteiger partial charge in [0.15, 0.2) is 0 Å². The molecular weight excluding hydrogens is 386 g/mol. The van der Waals surface area contributed by atoms with Crippen LogP contribution < -0.4 is 0 Å². The summed E-state index contributed by atoms with van der Waals surface area (Å²) in [4.78, 5) is 37.7. The first-order chi connectivity index (χ1) is 14.5. The Morgan fingerprint density at radius 2 is 1.60 bits per heavy atom. The summed E-state index contributed by atoms with van der Waals surface area (Å²) >= 11 is 0. The van der Waals surface area contributed by atoms with Crippen molar-refractivity contribution < 1.29 is 29.0 Å². The van der Waals surface area contributed by atoms with Gasteiger partial charge in [-0.25, -0.2) is 9.59 Å². The summed E-state index contributed by atoms with van der Waals surface area (Å²) in [5.74, 6) is -2.84. The fraction of sp³-hybridized carbons (Fsp3) is 0.348. The van der Waals surface area contributed by atoms with E-state index in [2.05, 4.69) is 0 Å². The van der Waals surface area contributed by atoms with E-state index in [-0.39, 0.29) is 32.1 Å². The number of amides is 1. The fourth-order valence-electron chi connectivity index (χ4n) is 4.48. The molecule has 7 nitrogen and oxygen atoms in total. The fourth-order valence-corrected chi connectivity index (χ4v) is 4.48. The lowest BCUT2D eigenvalue weighted by atomic mass is 9.98. The van der Waals surface area contributed by atoms with Crippen LogP contribution in [-0.2, 0) is 19.1 Å². The zero-order valence-electron chi connectivity index (χ0n) is 16.6. The number of carboxylic acid groups (broad SMARTS) is 1. The normalized spacial score (nSPS) is 19.8. The van der Waals surface area contributed by atoms with Gasteiger partial charge in [0.25, 0.3) is 0 Å². The Balaban J connectivity index is 1.50. The van der Waals surface area contributed by atoms with Gasteiger partial charge in [0.2, 0.25) is 0 Å². The highest BCUT2D eigenvalue weighted by atomic mass is 16.6. The number of nitrogens with zero attached hydrogens (tertiary/aromatic N) is 1. The van der Waals surface area contributed by atoms with Crippen molar-refractivity contribution in [2.75, 3.05) is 19.8 Å². The van der Waals surface area contributed by atoms with Crippen LogP contribution in [0.1, 0.15) is 30.4 Å². The number of likely N-dealkylation sites (tertiary alicyclic amines) is 1. The van der Waals surface area contributed by atoms with Gasteiger partial charge in [-0.2, -0.15) is 0 Å². The topological polar surface area (TPSA) is 93.1 Å². The number of carbonyl (C=O) groups excluding carboxylic acids is 2. The number of ether oxygens (including phenoxy) is 2. The Labute approximate surface area is 174 Å². The lowest BCUT2D eigenvalue weighted by Crippen LogP contribution is -2.45. The lowest BCUT2D eigenvalue weighted by molar-refractivity contribution is -0.155.